The van der Waals surface area contributed by atoms with Crippen LogP contribution in [0.25, 0.3) is 5.52 Å². The van der Waals surface area contributed by atoms with Crippen molar-refractivity contribution in [2.24, 2.45) is 11.8 Å². The summed E-state index contributed by atoms with van der Waals surface area (Å²) in [5, 5.41) is 17.9. The van der Waals surface area contributed by atoms with E-state index < -0.39 is 26.1 Å². The Morgan fingerprint density at radius 2 is 2.00 bits per heavy atom. The number of nitrogens with zero attached hydrogens (tertiary/aromatic N) is 4. The number of carbonyl (C=O) groups is 2. The van der Waals surface area contributed by atoms with Crippen molar-refractivity contribution in [3.63, 3.8) is 0 Å². The molecule has 39 heavy (non-hydrogen) atoms. The first-order valence-corrected chi connectivity index (χ1v) is 17.5. The number of hydrogen-bond acceptors (Lipinski definition) is 8. The zero-order chi connectivity index (χ0) is 28.2. The zero-order valence-corrected chi connectivity index (χ0v) is 24.7. The van der Waals surface area contributed by atoms with Crippen LogP contribution in [-0.4, -0.2) is 53.6 Å². The highest BCUT2D eigenvalue weighted by Gasteiger charge is 2.58. The molecule has 0 unspecified atom stereocenters. The monoisotopic (exact) mass is 555 g/mol. The van der Waals surface area contributed by atoms with E-state index in [1.165, 1.54) is 25.6 Å². The normalized spacial score (nSPS) is 25.9. The zero-order valence-electron chi connectivity index (χ0n) is 23.7. The SMILES string of the molecule is CCCC(=O)Nc1ncnn2c([C@]3(C#N)O[C@H](COC(=O)CC4CCCCC4)[C@@H](C)[C@H]3O[Si](C)(C)C)ccc12. The van der Waals surface area contributed by atoms with Crippen LogP contribution in [0, 0.1) is 23.2 Å². The summed E-state index contributed by atoms with van der Waals surface area (Å²) in [5.74, 6) is 0.160. The molecule has 2 fully saturated rings. The highest BCUT2D eigenvalue weighted by molar-refractivity contribution is 6.69. The topological polar surface area (TPSA) is 128 Å². The molecule has 1 amide bonds. The molecule has 2 aliphatic rings. The van der Waals surface area contributed by atoms with Gasteiger partial charge >= 0.3 is 5.97 Å². The second kappa shape index (κ2) is 12.1. The number of hydrogen-bond donors (Lipinski definition) is 1. The Kier molecular flexibility index (Phi) is 9.09. The lowest BCUT2D eigenvalue weighted by molar-refractivity contribution is -0.151. The highest BCUT2D eigenvalue weighted by Crippen LogP contribution is 2.46. The van der Waals surface area contributed by atoms with E-state index in [9.17, 15) is 14.9 Å². The Hall–Kier alpha value is -2.81. The Labute approximate surface area is 231 Å². The lowest BCUT2D eigenvalue weighted by Crippen LogP contribution is -2.46. The number of fused-ring (bicyclic) bond motifs is 1. The molecule has 0 aromatic carbocycles. The second-order valence-electron chi connectivity index (χ2n) is 11.8. The minimum Gasteiger partial charge on any atom is -0.463 e. The number of aromatic nitrogens is 3. The molecule has 4 atom stereocenters. The van der Waals surface area contributed by atoms with Crippen molar-refractivity contribution in [2.45, 2.75) is 103 Å². The maximum Gasteiger partial charge on any atom is 0.306 e. The quantitative estimate of drug-likeness (QED) is 0.322. The van der Waals surface area contributed by atoms with Gasteiger partial charge in [0, 0.05) is 18.8 Å². The smallest absolute Gasteiger partial charge is 0.306 e. The molecule has 1 saturated carbocycles. The van der Waals surface area contributed by atoms with E-state index in [2.05, 4.69) is 41.1 Å². The van der Waals surface area contributed by atoms with Crippen LogP contribution in [0.15, 0.2) is 18.5 Å². The summed E-state index contributed by atoms with van der Waals surface area (Å²) < 4.78 is 20.4. The average molecular weight is 556 g/mol. The van der Waals surface area contributed by atoms with Gasteiger partial charge in [-0.2, -0.15) is 10.4 Å². The number of nitrogens with one attached hydrogen (secondary N) is 1. The molecule has 2 aromatic rings. The molecule has 2 aromatic heterocycles. The van der Waals surface area contributed by atoms with Gasteiger partial charge in [0.2, 0.25) is 11.5 Å². The fourth-order valence-corrected chi connectivity index (χ4v) is 6.82. The fourth-order valence-electron chi connectivity index (χ4n) is 5.68. The Morgan fingerprint density at radius 3 is 2.67 bits per heavy atom. The molecule has 0 spiro atoms. The number of esters is 1. The van der Waals surface area contributed by atoms with Crippen molar-refractivity contribution in [1.29, 1.82) is 5.26 Å². The third-order valence-electron chi connectivity index (χ3n) is 7.60. The van der Waals surface area contributed by atoms with Crippen LogP contribution in [0.3, 0.4) is 0 Å². The standard InChI is InChI=1S/C28H41N5O5Si/c1-6-10-24(34)32-27-21-13-14-23(33(21)31-18-30-27)28(17-29)26(38-39(3,4)5)19(2)22(37-28)16-36-25(35)15-20-11-8-7-9-12-20/h13-14,18-20,22,26H,6-12,15-16H2,1-5H3,(H,30,31,32,34)/t19-,22-,26-,28+/m1/s1. The Morgan fingerprint density at radius 1 is 1.26 bits per heavy atom. The van der Waals surface area contributed by atoms with E-state index in [1.54, 1.807) is 16.6 Å². The summed E-state index contributed by atoms with van der Waals surface area (Å²) in [5.41, 5.74) is -0.456. The van der Waals surface area contributed by atoms with Crippen LogP contribution in [0.5, 0.6) is 0 Å². The molecular weight excluding hydrogens is 514 g/mol. The van der Waals surface area contributed by atoms with Crippen molar-refractivity contribution in [3.8, 4) is 6.07 Å². The summed E-state index contributed by atoms with van der Waals surface area (Å²) in [7, 11) is -2.13. The number of ether oxygens (including phenoxy) is 2. The first kappa shape index (κ1) is 29.2. The van der Waals surface area contributed by atoms with Gasteiger partial charge in [-0.3, -0.25) is 9.59 Å². The van der Waals surface area contributed by atoms with Gasteiger partial charge < -0.3 is 19.2 Å². The van der Waals surface area contributed by atoms with E-state index in [-0.39, 0.29) is 24.4 Å². The molecule has 11 heteroatoms. The van der Waals surface area contributed by atoms with E-state index in [0.29, 0.717) is 42.2 Å². The average Bonchev–Trinajstić information content (AvgIpc) is 3.43. The molecule has 1 aliphatic carbocycles. The van der Waals surface area contributed by atoms with Crippen LogP contribution in [0.2, 0.25) is 19.6 Å². The molecule has 0 bridgehead atoms. The van der Waals surface area contributed by atoms with Gasteiger partial charge in [0.05, 0.1) is 17.9 Å². The van der Waals surface area contributed by atoms with E-state index in [4.69, 9.17) is 13.9 Å². The molecule has 4 rings (SSSR count). The van der Waals surface area contributed by atoms with Gasteiger partial charge in [0.1, 0.15) is 24.5 Å². The largest absolute Gasteiger partial charge is 0.463 e. The first-order valence-electron chi connectivity index (χ1n) is 14.1. The molecule has 212 valence electrons. The van der Waals surface area contributed by atoms with Crippen LogP contribution < -0.4 is 5.32 Å². The van der Waals surface area contributed by atoms with Crippen molar-refractivity contribution >= 4 is 31.5 Å². The number of anilines is 1. The Bertz CT molecular complexity index is 1220. The van der Waals surface area contributed by atoms with Gasteiger partial charge in [-0.15, -0.1) is 0 Å². The molecule has 3 heterocycles. The molecule has 1 N–H and O–H groups in total. The maximum absolute atomic E-state index is 12.7. The van der Waals surface area contributed by atoms with Gasteiger partial charge in [-0.25, -0.2) is 9.50 Å². The highest BCUT2D eigenvalue weighted by atomic mass is 28.4. The van der Waals surface area contributed by atoms with E-state index in [1.807, 2.05) is 13.8 Å². The summed E-state index contributed by atoms with van der Waals surface area (Å²) in [6, 6.07) is 5.95. The number of nitriles is 1. The van der Waals surface area contributed by atoms with Crippen molar-refractivity contribution in [2.75, 3.05) is 11.9 Å². The van der Waals surface area contributed by atoms with Crippen LogP contribution in [0.1, 0.15) is 70.9 Å². The third-order valence-corrected chi connectivity index (χ3v) is 8.57. The van der Waals surface area contributed by atoms with Crippen molar-refractivity contribution in [1.82, 2.24) is 14.6 Å². The predicted molar refractivity (Wildman–Crippen MR) is 148 cm³/mol. The summed E-state index contributed by atoms with van der Waals surface area (Å²) >= 11 is 0. The second-order valence-corrected chi connectivity index (χ2v) is 16.3. The van der Waals surface area contributed by atoms with E-state index >= 15 is 0 Å². The van der Waals surface area contributed by atoms with Gasteiger partial charge in [0.25, 0.3) is 0 Å². The van der Waals surface area contributed by atoms with Crippen LogP contribution in [-0.2, 0) is 29.1 Å². The molecule has 0 radical (unpaired) electrons. The van der Waals surface area contributed by atoms with Gasteiger partial charge in [-0.05, 0) is 57.0 Å². The number of amides is 1. The third kappa shape index (κ3) is 6.50. The maximum atomic E-state index is 12.7. The Balaban J connectivity index is 1.61. The van der Waals surface area contributed by atoms with Crippen LogP contribution >= 0.6 is 0 Å². The summed E-state index contributed by atoms with van der Waals surface area (Å²) in [6.07, 6.45) is 7.43. The predicted octanol–water partition coefficient (Wildman–Crippen LogP) is 4.96. The summed E-state index contributed by atoms with van der Waals surface area (Å²) in [4.78, 5) is 29.2. The molecule has 10 nitrogen and oxygen atoms in total. The molecule has 1 saturated heterocycles. The minimum atomic E-state index is -2.13. The minimum absolute atomic E-state index is 0.0539. The fraction of sp³-hybridized carbons (Fsp3) is 0.679. The van der Waals surface area contributed by atoms with Crippen molar-refractivity contribution < 1.29 is 23.5 Å². The molecule has 1 aliphatic heterocycles. The summed E-state index contributed by atoms with van der Waals surface area (Å²) in [6.45, 7) is 10.2. The van der Waals surface area contributed by atoms with Crippen molar-refractivity contribution in [3.05, 3.63) is 24.2 Å². The number of carbonyl (C=O) groups excluding carboxylic acids is 2. The van der Waals surface area contributed by atoms with E-state index in [0.717, 1.165) is 12.8 Å². The number of rotatable bonds is 10. The lowest BCUT2D eigenvalue weighted by atomic mass is 9.87. The lowest BCUT2D eigenvalue weighted by Gasteiger charge is -2.33. The van der Waals surface area contributed by atoms with Gasteiger partial charge in [0.15, 0.2) is 14.1 Å². The van der Waals surface area contributed by atoms with Gasteiger partial charge in [-0.1, -0.05) is 33.1 Å². The van der Waals surface area contributed by atoms with Crippen LogP contribution in [0.4, 0.5) is 5.82 Å². The first-order chi connectivity index (χ1) is 18.6. The molecular formula is C28H41N5O5Si.